The Morgan fingerprint density at radius 1 is 0.500 bits per heavy atom. The van der Waals surface area contributed by atoms with Crippen molar-refractivity contribution in [1.82, 2.24) is 0 Å². The number of esters is 1. The molecular weight excluding hydrogens is 520 g/mol. The SMILES string of the molecule is CCCCCCCC/C=C\CCCCCCCCCC(=O)OC(CCCCCCC)CCCCCCCCCC(=O)O. The molecule has 0 amide bonds. The molecule has 0 radical (unpaired) electrons. The molecule has 0 bridgehead atoms. The minimum Gasteiger partial charge on any atom is -0.481 e. The maximum absolute atomic E-state index is 12.6. The third-order valence-corrected chi connectivity index (χ3v) is 8.49. The molecule has 4 nitrogen and oxygen atoms in total. The first-order chi connectivity index (χ1) is 20.6. The van der Waals surface area contributed by atoms with Gasteiger partial charge in [0.1, 0.15) is 6.10 Å². The fourth-order valence-corrected chi connectivity index (χ4v) is 5.71. The van der Waals surface area contributed by atoms with Crippen molar-refractivity contribution in [2.75, 3.05) is 0 Å². The number of carboxylic acid groups (broad SMARTS) is 1. The van der Waals surface area contributed by atoms with Gasteiger partial charge in [0.05, 0.1) is 0 Å². The van der Waals surface area contributed by atoms with Gasteiger partial charge in [0.25, 0.3) is 0 Å². The van der Waals surface area contributed by atoms with E-state index in [1.165, 1.54) is 128 Å². The Labute approximate surface area is 262 Å². The predicted molar refractivity (Wildman–Crippen MR) is 181 cm³/mol. The first-order valence-corrected chi connectivity index (χ1v) is 18.7. The molecule has 0 aliphatic heterocycles. The van der Waals surface area contributed by atoms with Gasteiger partial charge in [0, 0.05) is 12.8 Å². The summed E-state index contributed by atoms with van der Waals surface area (Å²) in [5, 5.41) is 8.72. The first-order valence-electron chi connectivity index (χ1n) is 18.7. The molecule has 248 valence electrons. The second-order valence-electron chi connectivity index (χ2n) is 12.8. The van der Waals surface area contributed by atoms with E-state index in [9.17, 15) is 9.59 Å². The lowest BCUT2D eigenvalue weighted by Crippen LogP contribution is -2.18. The Hall–Kier alpha value is -1.32. The average Bonchev–Trinajstić information content (AvgIpc) is 2.97. The molecule has 0 aromatic rings. The van der Waals surface area contributed by atoms with Crippen molar-refractivity contribution < 1.29 is 19.4 Å². The topological polar surface area (TPSA) is 63.6 Å². The highest BCUT2D eigenvalue weighted by Crippen LogP contribution is 2.18. The largest absolute Gasteiger partial charge is 0.481 e. The third-order valence-electron chi connectivity index (χ3n) is 8.49. The summed E-state index contributed by atoms with van der Waals surface area (Å²) >= 11 is 0. The monoisotopic (exact) mass is 593 g/mol. The lowest BCUT2D eigenvalue weighted by atomic mass is 10.0. The van der Waals surface area contributed by atoms with E-state index in [0.29, 0.717) is 12.8 Å². The van der Waals surface area contributed by atoms with Crippen molar-refractivity contribution in [2.45, 2.75) is 219 Å². The Morgan fingerprint density at radius 3 is 1.29 bits per heavy atom. The van der Waals surface area contributed by atoms with Gasteiger partial charge in [-0.15, -0.1) is 0 Å². The minimum absolute atomic E-state index is 0.0136. The molecule has 0 heterocycles. The third kappa shape index (κ3) is 33.2. The van der Waals surface area contributed by atoms with E-state index in [2.05, 4.69) is 26.0 Å². The van der Waals surface area contributed by atoms with E-state index in [1.807, 2.05) is 0 Å². The fourth-order valence-electron chi connectivity index (χ4n) is 5.71. The van der Waals surface area contributed by atoms with Crippen LogP contribution in [0.5, 0.6) is 0 Å². The maximum Gasteiger partial charge on any atom is 0.306 e. The zero-order valence-corrected chi connectivity index (χ0v) is 28.3. The smallest absolute Gasteiger partial charge is 0.306 e. The number of carboxylic acids is 1. The molecule has 0 spiro atoms. The molecule has 42 heavy (non-hydrogen) atoms. The van der Waals surface area contributed by atoms with Crippen LogP contribution < -0.4 is 0 Å². The molecule has 1 unspecified atom stereocenters. The van der Waals surface area contributed by atoms with E-state index in [1.54, 1.807) is 0 Å². The van der Waals surface area contributed by atoms with Crippen molar-refractivity contribution in [3.8, 4) is 0 Å². The van der Waals surface area contributed by atoms with Gasteiger partial charge in [-0.2, -0.15) is 0 Å². The molecule has 0 aliphatic rings. The van der Waals surface area contributed by atoms with Crippen LogP contribution in [0.25, 0.3) is 0 Å². The van der Waals surface area contributed by atoms with Gasteiger partial charge < -0.3 is 9.84 Å². The number of aliphatic carboxylic acids is 1. The van der Waals surface area contributed by atoms with E-state index < -0.39 is 5.97 Å². The van der Waals surface area contributed by atoms with Crippen molar-refractivity contribution in [3.63, 3.8) is 0 Å². The number of hydrogen-bond acceptors (Lipinski definition) is 3. The standard InChI is InChI=1S/C38H72O4/c1-3-5-7-9-10-11-12-13-14-15-16-17-18-19-23-27-31-35-38(41)42-36(32-28-24-8-6-4-2)33-29-25-21-20-22-26-30-34-37(39)40/h13-14,36H,3-12,15-35H2,1-2H3,(H,39,40)/b14-13-. The van der Waals surface area contributed by atoms with Gasteiger partial charge in [-0.05, 0) is 64.2 Å². The van der Waals surface area contributed by atoms with Crippen LogP contribution in [0.15, 0.2) is 12.2 Å². The Balaban J connectivity index is 3.83. The first kappa shape index (κ1) is 40.7. The normalized spacial score (nSPS) is 12.2. The fraction of sp³-hybridized carbons (Fsp3) is 0.895. The number of carbonyl (C=O) groups is 2. The second kappa shape index (κ2) is 34.2. The zero-order chi connectivity index (χ0) is 30.8. The maximum atomic E-state index is 12.6. The number of carbonyl (C=O) groups excluding carboxylic acids is 1. The lowest BCUT2D eigenvalue weighted by molar-refractivity contribution is -0.150. The average molecular weight is 593 g/mol. The van der Waals surface area contributed by atoms with Crippen LogP contribution in [0.1, 0.15) is 213 Å². The number of rotatable bonds is 34. The molecule has 0 saturated carbocycles. The number of unbranched alkanes of at least 4 members (excludes halogenated alkanes) is 23. The molecule has 0 fully saturated rings. The summed E-state index contributed by atoms with van der Waals surface area (Å²) in [4.78, 5) is 23.2. The van der Waals surface area contributed by atoms with Crippen molar-refractivity contribution in [1.29, 1.82) is 0 Å². The molecular formula is C38H72O4. The highest BCUT2D eigenvalue weighted by molar-refractivity contribution is 5.69. The highest BCUT2D eigenvalue weighted by atomic mass is 16.5. The molecule has 0 aromatic heterocycles. The highest BCUT2D eigenvalue weighted by Gasteiger charge is 2.14. The lowest BCUT2D eigenvalue weighted by Gasteiger charge is -2.18. The number of ether oxygens (including phenoxy) is 1. The second-order valence-corrected chi connectivity index (χ2v) is 12.8. The summed E-state index contributed by atoms with van der Waals surface area (Å²) in [6.45, 7) is 4.52. The van der Waals surface area contributed by atoms with Gasteiger partial charge >= 0.3 is 11.9 Å². The van der Waals surface area contributed by atoms with Gasteiger partial charge in [0.15, 0.2) is 0 Å². The van der Waals surface area contributed by atoms with Crippen LogP contribution in [0.2, 0.25) is 0 Å². The summed E-state index contributed by atoms with van der Waals surface area (Å²) in [5.74, 6) is -0.673. The van der Waals surface area contributed by atoms with Gasteiger partial charge in [-0.25, -0.2) is 0 Å². The van der Waals surface area contributed by atoms with Crippen LogP contribution in [0.3, 0.4) is 0 Å². The molecule has 0 aromatic carbocycles. The summed E-state index contributed by atoms with van der Waals surface area (Å²) in [7, 11) is 0. The van der Waals surface area contributed by atoms with E-state index in [0.717, 1.165) is 57.8 Å². The number of hydrogen-bond donors (Lipinski definition) is 1. The predicted octanol–water partition coefficient (Wildman–Crippen LogP) is 12.7. The molecule has 1 atom stereocenters. The molecule has 1 N–H and O–H groups in total. The molecule has 0 saturated heterocycles. The van der Waals surface area contributed by atoms with Gasteiger partial charge in [-0.3, -0.25) is 9.59 Å². The van der Waals surface area contributed by atoms with Crippen molar-refractivity contribution in [3.05, 3.63) is 12.2 Å². The zero-order valence-electron chi connectivity index (χ0n) is 28.3. The van der Waals surface area contributed by atoms with Crippen LogP contribution in [-0.4, -0.2) is 23.1 Å². The minimum atomic E-state index is -0.687. The van der Waals surface area contributed by atoms with Gasteiger partial charge in [0.2, 0.25) is 0 Å². The van der Waals surface area contributed by atoms with Crippen LogP contribution in [0, 0.1) is 0 Å². The summed E-state index contributed by atoms with van der Waals surface area (Å²) < 4.78 is 5.97. The number of allylic oxidation sites excluding steroid dienone is 2. The summed E-state index contributed by atoms with van der Waals surface area (Å²) in [5.41, 5.74) is 0. The van der Waals surface area contributed by atoms with E-state index in [-0.39, 0.29) is 12.1 Å². The van der Waals surface area contributed by atoms with Crippen molar-refractivity contribution >= 4 is 11.9 Å². The Morgan fingerprint density at radius 2 is 0.857 bits per heavy atom. The van der Waals surface area contributed by atoms with Crippen LogP contribution in [-0.2, 0) is 14.3 Å². The molecule has 0 rings (SSSR count). The Kier molecular flexibility index (Phi) is 33.1. The van der Waals surface area contributed by atoms with Crippen LogP contribution in [0.4, 0.5) is 0 Å². The van der Waals surface area contributed by atoms with E-state index in [4.69, 9.17) is 9.84 Å². The summed E-state index contributed by atoms with van der Waals surface area (Å²) in [6, 6.07) is 0. The quantitative estimate of drug-likeness (QED) is 0.0458. The molecule has 0 aliphatic carbocycles. The van der Waals surface area contributed by atoms with Crippen LogP contribution >= 0.6 is 0 Å². The van der Waals surface area contributed by atoms with Crippen molar-refractivity contribution in [2.24, 2.45) is 0 Å². The van der Waals surface area contributed by atoms with Gasteiger partial charge in [-0.1, -0.05) is 148 Å². The van der Waals surface area contributed by atoms with E-state index >= 15 is 0 Å². The Bertz CT molecular complexity index is 600. The molecule has 4 heteroatoms. The summed E-state index contributed by atoms with van der Waals surface area (Å²) in [6.07, 6.45) is 41.0.